The van der Waals surface area contributed by atoms with E-state index in [-0.39, 0.29) is 10.4 Å². The van der Waals surface area contributed by atoms with Crippen LogP contribution in [0.1, 0.15) is 6.42 Å². The van der Waals surface area contributed by atoms with Gasteiger partial charge in [0.1, 0.15) is 0 Å². The average molecular weight is 300 g/mol. The molecule has 0 fully saturated rings. The van der Waals surface area contributed by atoms with Gasteiger partial charge in [-0.15, -0.1) is 0 Å². The van der Waals surface area contributed by atoms with Crippen LogP contribution in [0.25, 0.3) is 0 Å². The van der Waals surface area contributed by atoms with E-state index in [0.717, 1.165) is 6.54 Å². The normalized spacial score (nSPS) is 12.2. The van der Waals surface area contributed by atoms with Gasteiger partial charge in [0, 0.05) is 19.1 Å². The minimum atomic E-state index is -3.72. The highest BCUT2D eigenvalue weighted by atomic mass is 32.2. The van der Waals surface area contributed by atoms with E-state index >= 15 is 0 Å². The first-order chi connectivity index (χ1) is 9.26. The lowest BCUT2D eigenvalue weighted by molar-refractivity contribution is 0.370. The molecule has 1 rings (SSSR count). The van der Waals surface area contributed by atoms with Crippen LogP contribution in [-0.2, 0) is 10.0 Å². The van der Waals surface area contributed by atoms with Crippen LogP contribution in [0.4, 0.5) is 0 Å². The Balaban J connectivity index is 2.93. The summed E-state index contributed by atoms with van der Waals surface area (Å²) in [6, 6.07) is 5.91. The van der Waals surface area contributed by atoms with Crippen molar-refractivity contribution in [2.75, 3.05) is 34.2 Å². The number of hydrogen-bond donors (Lipinski definition) is 2. The molecule has 2 N–H and O–H groups in total. The molecule has 0 aliphatic carbocycles. The highest BCUT2D eigenvalue weighted by molar-refractivity contribution is 7.89. The molecule has 0 radical (unpaired) electrons. The zero-order chi connectivity index (χ0) is 15.3. The van der Waals surface area contributed by atoms with Gasteiger partial charge in [0.2, 0.25) is 10.0 Å². The molecule has 0 saturated carbocycles. The lowest BCUT2D eigenvalue weighted by Crippen LogP contribution is -2.39. The van der Waals surface area contributed by atoms with Crippen molar-refractivity contribution in [1.82, 2.24) is 9.21 Å². The highest BCUT2D eigenvalue weighted by Crippen LogP contribution is 2.12. The van der Waals surface area contributed by atoms with Gasteiger partial charge in [-0.3, -0.25) is 0 Å². The quantitative estimate of drug-likeness (QED) is 0.627. The van der Waals surface area contributed by atoms with Gasteiger partial charge in [-0.1, -0.05) is 18.2 Å². The maximum atomic E-state index is 12.4. The predicted octanol–water partition coefficient (Wildman–Crippen LogP) is -1.06. The molecule has 1 aromatic carbocycles. The molecule has 0 spiro atoms. The fourth-order valence-corrected chi connectivity index (χ4v) is 3.25. The summed E-state index contributed by atoms with van der Waals surface area (Å²) >= 11 is 0. The van der Waals surface area contributed by atoms with Crippen LogP contribution in [-0.4, -0.2) is 69.0 Å². The molecule has 0 amide bonds. The van der Waals surface area contributed by atoms with Crippen LogP contribution in [0.3, 0.4) is 0 Å². The van der Waals surface area contributed by atoms with Crippen molar-refractivity contribution in [3.8, 4) is 0 Å². The number of rotatable bonds is 7. The lowest BCUT2D eigenvalue weighted by atomic mass is 9.80. The SMILES string of the molecule is CN(C)CCCN(C)S(=O)(=O)c1ccccc1B(O)O. The number of sulfonamides is 1. The molecule has 0 saturated heterocycles. The third-order valence-electron chi connectivity index (χ3n) is 2.96. The van der Waals surface area contributed by atoms with E-state index in [1.54, 1.807) is 12.1 Å². The smallest absolute Gasteiger partial charge is 0.423 e. The lowest BCUT2D eigenvalue weighted by Gasteiger charge is -2.20. The molecule has 8 heteroatoms. The molecule has 6 nitrogen and oxygen atoms in total. The molecule has 0 aromatic heterocycles. The van der Waals surface area contributed by atoms with E-state index in [1.165, 1.54) is 23.5 Å². The van der Waals surface area contributed by atoms with Crippen LogP contribution < -0.4 is 5.46 Å². The number of hydrogen-bond acceptors (Lipinski definition) is 5. The van der Waals surface area contributed by atoms with E-state index in [4.69, 9.17) is 0 Å². The summed E-state index contributed by atoms with van der Waals surface area (Å²) in [5.41, 5.74) is -0.00744. The van der Waals surface area contributed by atoms with Crippen molar-refractivity contribution < 1.29 is 18.5 Å². The summed E-state index contributed by atoms with van der Waals surface area (Å²) in [6.07, 6.45) is 0.701. The van der Waals surface area contributed by atoms with E-state index in [9.17, 15) is 18.5 Å². The van der Waals surface area contributed by atoms with Gasteiger partial charge < -0.3 is 14.9 Å². The van der Waals surface area contributed by atoms with Crippen LogP contribution in [0, 0.1) is 0 Å². The summed E-state index contributed by atoms with van der Waals surface area (Å²) < 4.78 is 26.1. The Morgan fingerprint density at radius 1 is 1.10 bits per heavy atom. The minimum Gasteiger partial charge on any atom is -0.423 e. The molecule has 0 unspecified atom stereocenters. The van der Waals surface area contributed by atoms with Gasteiger partial charge >= 0.3 is 7.12 Å². The van der Waals surface area contributed by atoms with Crippen molar-refractivity contribution in [2.45, 2.75) is 11.3 Å². The second-order valence-corrected chi connectivity index (χ2v) is 6.91. The maximum absolute atomic E-state index is 12.4. The summed E-state index contributed by atoms with van der Waals surface area (Å²) in [7, 11) is -0.190. The van der Waals surface area contributed by atoms with Crippen molar-refractivity contribution in [3.63, 3.8) is 0 Å². The van der Waals surface area contributed by atoms with E-state index in [1.807, 2.05) is 19.0 Å². The minimum absolute atomic E-state index is 0.00744. The van der Waals surface area contributed by atoms with Gasteiger partial charge in [0.15, 0.2) is 0 Å². The third kappa shape index (κ3) is 4.29. The molecule has 112 valence electrons. The molecule has 1 aromatic rings. The van der Waals surface area contributed by atoms with Crippen molar-refractivity contribution in [3.05, 3.63) is 24.3 Å². The fourth-order valence-electron chi connectivity index (χ4n) is 1.83. The zero-order valence-corrected chi connectivity index (χ0v) is 12.8. The van der Waals surface area contributed by atoms with Crippen LogP contribution in [0.15, 0.2) is 29.2 Å². The maximum Gasteiger partial charge on any atom is 0.489 e. The average Bonchev–Trinajstić information content (AvgIpc) is 2.38. The standard InChI is InChI=1S/C12H21BN2O4S/c1-14(2)9-6-10-15(3)20(18,19)12-8-5-4-7-11(12)13(16)17/h4-5,7-8,16-17H,6,9-10H2,1-3H3. The molecular formula is C12H21BN2O4S. The van der Waals surface area contributed by atoms with Crippen molar-refractivity contribution in [2.24, 2.45) is 0 Å². The predicted molar refractivity (Wildman–Crippen MR) is 79.3 cm³/mol. The zero-order valence-electron chi connectivity index (χ0n) is 12.0. The Kier molecular flexibility index (Phi) is 6.16. The Morgan fingerprint density at radius 3 is 2.25 bits per heavy atom. The first-order valence-electron chi connectivity index (χ1n) is 6.33. The van der Waals surface area contributed by atoms with Crippen molar-refractivity contribution in [1.29, 1.82) is 0 Å². The molecule has 0 aliphatic heterocycles. The highest BCUT2D eigenvalue weighted by Gasteiger charge is 2.27. The molecule has 0 heterocycles. The van der Waals surface area contributed by atoms with Gasteiger partial charge in [0.05, 0.1) is 4.90 Å². The van der Waals surface area contributed by atoms with Gasteiger partial charge in [0.25, 0.3) is 0 Å². The molecule has 0 aliphatic rings. The van der Waals surface area contributed by atoms with Gasteiger partial charge in [-0.2, -0.15) is 0 Å². The topological polar surface area (TPSA) is 81.1 Å². The summed E-state index contributed by atoms with van der Waals surface area (Å²) in [5, 5.41) is 18.5. The molecule has 0 atom stereocenters. The number of nitrogens with zero attached hydrogens (tertiary/aromatic N) is 2. The first kappa shape index (κ1) is 17.1. The Hall–Kier alpha value is -0.925. The Labute approximate surface area is 120 Å². The Bertz CT molecular complexity index is 534. The van der Waals surface area contributed by atoms with Crippen LogP contribution >= 0.6 is 0 Å². The van der Waals surface area contributed by atoms with Crippen molar-refractivity contribution >= 4 is 22.6 Å². The van der Waals surface area contributed by atoms with Gasteiger partial charge in [-0.05, 0) is 33.1 Å². The second-order valence-electron chi connectivity index (χ2n) is 4.89. The van der Waals surface area contributed by atoms with E-state index in [2.05, 4.69) is 0 Å². The Morgan fingerprint density at radius 2 is 1.70 bits per heavy atom. The fraction of sp³-hybridized carbons (Fsp3) is 0.500. The van der Waals surface area contributed by atoms with Crippen LogP contribution in [0.2, 0.25) is 0 Å². The summed E-state index contributed by atoms with van der Waals surface area (Å²) in [6.45, 7) is 1.15. The molecule has 0 bridgehead atoms. The third-order valence-corrected chi connectivity index (χ3v) is 4.89. The monoisotopic (exact) mass is 300 g/mol. The van der Waals surface area contributed by atoms with Crippen LogP contribution in [0.5, 0.6) is 0 Å². The van der Waals surface area contributed by atoms with E-state index < -0.39 is 17.1 Å². The second kappa shape index (κ2) is 7.19. The van der Waals surface area contributed by atoms with E-state index in [0.29, 0.717) is 13.0 Å². The largest absolute Gasteiger partial charge is 0.489 e. The number of benzene rings is 1. The summed E-state index contributed by atoms with van der Waals surface area (Å²) in [5.74, 6) is 0. The molecular weight excluding hydrogens is 279 g/mol. The summed E-state index contributed by atoms with van der Waals surface area (Å²) in [4.78, 5) is 1.91. The van der Waals surface area contributed by atoms with Gasteiger partial charge in [-0.25, -0.2) is 12.7 Å². The first-order valence-corrected chi connectivity index (χ1v) is 7.77. The molecule has 20 heavy (non-hydrogen) atoms.